The summed E-state index contributed by atoms with van der Waals surface area (Å²) in [5.41, 5.74) is 1.40. The monoisotopic (exact) mass is 324 g/mol. The summed E-state index contributed by atoms with van der Waals surface area (Å²) >= 11 is 0. The van der Waals surface area contributed by atoms with Crippen molar-refractivity contribution in [3.63, 3.8) is 0 Å². The summed E-state index contributed by atoms with van der Waals surface area (Å²) in [6.07, 6.45) is 0. The highest BCUT2D eigenvalue weighted by Gasteiger charge is 2.17. The van der Waals surface area contributed by atoms with Crippen LogP contribution in [0.25, 0.3) is 21.9 Å². The van der Waals surface area contributed by atoms with Gasteiger partial charge in [-0.1, -0.05) is 13.8 Å². The second-order valence-electron chi connectivity index (χ2n) is 6.10. The number of hydrogen-bond donors (Lipinski definition) is 1. The lowest BCUT2D eigenvalue weighted by Gasteiger charge is -2.11. The van der Waals surface area contributed by atoms with Gasteiger partial charge < -0.3 is 9.52 Å². The number of carbonyl (C=O) groups is 2. The number of aromatic carboxylic acids is 1. The van der Waals surface area contributed by atoms with E-state index < -0.39 is 5.97 Å². The molecule has 2 aromatic carbocycles. The van der Waals surface area contributed by atoms with E-state index in [9.17, 15) is 14.4 Å². The van der Waals surface area contributed by atoms with Crippen molar-refractivity contribution in [1.82, 2.24) is 0 Å². The van der Waals surface area contributed by atoms with Crippen molar-refractivity contribution in [2.45, 2.75) is 26.7 Å². The van der Waals surface area contributed by atoms with Crippen molar-refractivity contribution in [2.75, 3.05) is 0 Å². The molecule has 3 rings (SSSR count). The van der Waals surface area contributed by atoms with E-state index in [1.807, 2.05) is 13.8 Å². The normalized spacial score (nSPS) is 11.3. The highest BCUT2D eigenvalue weighted by molar-refractivity contribution is 6.07. The predicted octanol–water partition coefficient (Wildman–Crippen LogP) is 3.97. The lowest BCUT2D eigenvalue weighted by atomic mass is 9.96. The standard InChI is InChI=1S/C19H16O5/c1-9(2)12-7-13(10(3)20)18-15(8-12)17(21)14-6-11(19(22)23)4-5-16(14)24-18/h4-9H,1-3H3,(H,22,23). The van der Waals surface area contributed by atoms with E-state index >= 15 is 0 Å². The van der Waals surface area contributed by atoms with Crippen LogP contribution in [-0.4, -0.2) is 16.9 Å². The lowest BCUT2D eigenvalue weighted by molar-refractivity contribution is 0.0697. The SMILES string of the molecule is CC(=O)c1cc(C(C)C)cc2c(=O)c3cc(C(=O)O)ccc3oc12. The van der Waals surface area contributed by atoms with Crippen LogP contribution in [0.4, 0.5) is 0 Å². The first-order valence-corrected chi connectivity index (χ1v) is 7.58. The number of rotatable bonds is 3. The maximum absolute atomic E-state index is 12.8. The van der Waals surface area contributed by atoms with Gasteiger partial charge in [0.1, 0.15) is 11.2 Å². The molecule has 0 fully saturated rings. The molecule has 0 aliphatic heterocycles. The summed E-state index contributed by atoms with van der Waals surface area (Å²) in [4.78, 5) is 36.0. The molecule has 0 saturated carbocycles. The zero-order valence-corrected chi connectivity index (χ0v) is 13.5. The summed E-state index contributed by atoms with van der Waals surface area (Å²) < 4.78 is 5.78. The molecule has 122 valence electrons. The summed E-state index contributed by atoms with van der Waals surface area (Å²) in [6.45, 7) is 5.36. The number of carbonyl (C=O) groups excluding carboxylic acids is 1. The number of carboxylic acid groups (broad SMARTS) is 1. The van der Waals surface area contributed by atoms with Gasteiger partial charge in [-0.2, -0.15) is 0 Å². The fourth-order valence-corrected chi connectivity index (χ4v) is 2.71. The van der Waals surface area contributed by atoms with E-state index in [4.69, 9.17) is 9.52 Å². The van der Waals surface area contributed by atoms with Gasteiger partial charge in [0.05, 0.1) is 21.9 Å². The molecule has 24 heavy (non-hydrogen) atoms. The zero-order chi connectivity index (χ0) is 17.6. The van der Waals surface area contributed by atoms with E-state index in [0.29, 0.717) is 10.9 Å². The largest absolute Gasteiger partial charge is 0.478 e. The van der Waals surface area contributed by atoms with Gasteiger partial charge >= 0.3 is 5.97 Å². The predicted molar refractivity (Wildman–Crippen MR) is 91.0 cm³/mol. The van der Waals surface area contributed by atoms with E-state index in [1.54, 1.807) is 12.1 Å². The van der Waals surface area contributed by atoms with Crippen LogP contribution >= 0.6 is 0 Å². The van der Waals surface area contributed by atoms with E-state index in [-0.39, 0.29) is 39.2 Å². The Kier molecular flexibility index (Phi) is 3.72. The van der Waals surface area contributed by atoms with Gasteiger partial charge in [-0.15, -0.1) is 0 Å². The Labute approximate surface area is 137 Å². The third-order valence-corrected chi connectivity index (χ3v) is 4.09. The molecule has 0 atom stereocenters. The van der Waals surface area contributed by atoms with Crippen LogP contribution in [0.15, 0.2) is 39.5 Å². The van der Waals surface area contributed by atoms with Crippen LogP contribution in [0.5, 0.6) is 0 Å². The van der Waals surface area contributed by atoms with Crippen LogP contribution in [0, 0.1) is 0 Å². The molecule has 3 aromatic rings. The molecule has 5 nitrogen and oxygen atoms in total. The average Bonchev–Trinajstić information content (AvgIpc) is 2.53. The highest BCUT2D eigenvalue weighted by atomic mass is 16.4. The van der Waals surface area contributed by atoms with Gasteiger partial charge in [0, 0.05) is 0 Å². The Morgan fingerprint density at radius 1 is 1.08 bits per heavy atom. The minimum absolute atomic E-state index is 0.0148. The number of hydrogen-bond acceptors (Lipinski definition) is 4. The number of Topliss-reactive ketones (excluding diaryl/α,β-unsaturated/α-hetero) is 1. The molecule has 0 saturated heterocycles. The lowest BCUT2D eigenvalue weighted by Crippen LogP contribution is -2.08. The van der Waals surface area contributed by atoms with Gasteiger partial charge in [0.2, 0.25) is 5.43 Å². The molecule has 0 amide bonds. The second-order valence-corrected chi connectivity index (χ2v) is 6.10. The first-order valence-electron chi connectivity index (χ1n) is 7.58. The molecular weight excluding hydrogens is 308 g/mol. The molecule has 0 aliphatic rings. The summed E-state index contributed by atoms with van der Waals surface area (Å²) in [6, 6.07) is 7.58. The van der Waals surface area contributed by atoms with Crippen molar-refractivity contribution in [1.29, 1.82) is 0 Å². The number of benzene rings is 2. The maximum atomic E-state index is 12.8. The molecule has 5 heteroatoms. The summed E-state index contributed by atoms with van der Waals surface area (Å²) in [5, 5.41) is 9.59. The molecule has 0 bridgehead atoms. The fourth-order valence-electron chi connectivity index (χ4n) is 2.71. The quantitative estimate of drug-likeness (QED) is 0.582. The topological polar surface area (TPSA) is 84.6 Å². The van der Waals surface area contributed by atoms with E-state index in [0.717, 1.165) is 5.56 Å². The highest BCUT2D eigenvalue weighted by Crippen LogP contribution is 2.27. The first-order chi connectivity index (χ1) is 11.3. The summed E-state index contributed by atoms with van der Waals surface area (Å²) in [5.74, 6) is -1.17. The fraction of sp³-hybridized carbons (Fsp3) is 0.211. The number of fused-ring (bicyclic) bond motifs is 2. The minimum Gasteiger partial charge on any atom is -0.478 e. The van der Waals surface area contributed by atoms with Crippen molar-refractivity contribution >= 4 is 33.7 Å². The number of ketones is 1. The van der Waals surface area contributed by atoms with Crippen molar-refractivity contribution in [3.8, 4) is 0 Å². The Balaban J connectivity index is 2.50. The average molecular weight is 324 g/mol. The smallest absolute Gasteiger partial charge is 0.335 e. The maximum Gasteiger partial charge on any atom is 0.335 e. The third-order valence-electron chi connectivity index (χ3n) is 4.09. The molecule has 1 aromatic heterocycles. The van der Waals surface area contributed by atoms with Crippen LogP contribution in [0.2, 0.25) is 0 Å². The van der Waals surface area contributed by atoms with Crippen LogP contribution in [0.1, 0.15) is 53.0 Å². The van der Waals surface area contributed by atoms with Gasteiger partial charge in [-0.3, -0.25) is 9.59 Å². The van der Waals surface area contributed by atoms with Crippen molar-refractivity contribution in [3.05, 3.63) is 57.2 Å². The van der Waals surface area contributed by atoms with Gasteiger partial charge in [-0.25, -0.2) is 4.79 Å². The van der Waals surface area contributed by atoms with Crippen molar-refractivity contribution in [2.24, 2.45) is 0 Å². The van der Waals surface area contributed by atoms with Crippen molar-refractivity contribution < 1.29 is 19.1 Å². The molecule has 0 aliphatic carbocycles. The third kappa shape index (κ3) is 2.48. The zero-order valence-electron chi connectivity index (χ0n) is 13.5. The van der Waals surface area contributed by atoms with E-state index in [2.05, 4.69) is 0 Å². The van der Waals surface area contributed by atoms with Crippen LogP contribution in [0.3, 0.4) is 0 Å². The Morgan fingerprint density at radius 3 is 2.38 bits per heavy atom. The van der Waals surface area contributed by atoms with Gasteiger partial charge in [0.25, 0.3) is 0 Å². The molecule has 1 N–H and O–H groups in total. The molecule has 1 heterocycles. The van der Waals surface area contributed by atoms with Crippen LogP contribution in [-0.2, 0) is 0 Å². The second kappa shape index (κ2) is 5.60. The summed E-state index contributed by atoms with van der Waals surface area (Å²) in [7, 11) is 0. The first kappa shape index (κ1) is 15.9. The molecule has 0 spiro atoms. The number of carboxylic acids is 1. The Morgan fingerprint density at radius 2 is 1.79 bits per heavy atom. The van der Waals surface area contributed by atoms with Gasteiger partial charge in [0.15, 0.2) is 5.78 Å². The van der Waals surface area contributed by atoms with Crippen LogP contribution < -0.4 is 5.43 Å². The Bertz CT molecular complexity index is 1060. The Hall–Kier alpha value is -2.95. The molecule has 0 radical (unpaired) electrons. The van der Waals surface area contributed by atoms with Gasteiger partial charge in [-0.05, 0) is 48.7 Å². The van der Waals surface area contributed by atoms with E-state index in [1.165, 1.54) is 25.1 Å². The molecule has 0 unspecified atom stereocenters. The minimum atomic E-state index is -1.11. The molecular formula is C19H16O5.